The summed E-state index contributed by atoms with van der Waals surface area (Å²) >= 11 is 13.0. The Morgan fingerprint density at radius 3 is 2.83 bits per heavy atom. The van der Waals surface area contributed by atoms with Crippen LogP contribution in [0, 0.1) is 11.8 Å². The smallest absolute Gasteiger partial charge is 0.404 e. The minimum absolute atomic E-state index is 0.239. The summed E-state index contributed by atoms with van der Waals surface area (Å²) in [5.74, 6) is 1.39. The topological polar surface area (TPSA) is 118 Å². The summed E-state index contributed by atoms with van der Waals surface area (Å²) < 4.78 is 7.95. The van der Waals surface area contributed by atoms with E-state index < -0.39 is 6.09 Å². The van der Waals surface area contributed by atoms with Crippen LogP contribution in [0.5, 0.6) is 0 Å². The minimum Gasteiger partial charge on any atom is -0.465 e. The van der Waals surface area contributed by atoms with E-state index in [1.54, 1.807) is 18.5 Å². The lowest BCUT2D eigenvalue weighted by atomic mass is 9.92. The molecular weight excluding hydrogens is 565 g/mol. The number of hydrogen-bond acceptors (Lipinski definition) is 7. The predicted molar refractivity (Wildman–Crippen MR) is 155 cm³/mol. The number of ether oxygens (including phenoxy) is 1. The molecule has 2 aliphatic heterocycles. The van der Waals surface area contributed by atoms with Crippen LogP contribution in [0.15, 0.2) is 48.9 Å². The average molecular weight is 595 g/mol. The molecule has 41 heavy (non-hydrogen) atoms. The first-order valence-corrected chi connectivity index (χ1v) is 14.7. The zero-order valence-corrected chi connectivity index (χ0v) is 23.7. The lowest BCUT2D eigenvalue weighted by Gasteiger charge is -2.27. The molecule has 4 aromatic rings. The maximum absolute atomic E-state index is 11.4. The molecule has 1 aromatic carbocycles. The number of carboxylic acid groups (broad SMARTS) is 1. The van der Waals surface area contributed by atoms with Crippen molar-refractivity contribution in [2.75, 3.05) is 31.1 Å². The molecule has 7 rings (SSSR count). The molecule has 12 heteroatoms. The number of anilines is 1. The van der Waals surface area contributed by atoms with Crippen molar-refractivity contribution in [1.82, 2.24) is 30.0 Å². The van der Waals surface area contributed by atoms with E-state index in [9.17, 15) is 9.90 Å². The summed E-state index contributed by atoms with van der Waals surface area (Å²) in [5, 5.41) is 17.8. The first-order chi connectivity index (χ1) is 20.0. The molecule has 0 bridgehead atoms. The quantitative estimate of drug-likeness (QED) is 0.298. The number of carbonyl (C=O) groups is 1. The van der Waals surface area contributed by atoms with Crippen LogP contribution in [-0.2, 0) is 10.2 Å². The molecule has 1 aliphatic carbocycles. The van der Waals surface area contributed by atoms with E-state index in [1.165, 1.54) is 0 Å². The van der Waals surface area contributed by atoms with Gasteiger partial charge in [-0.1, -0.05) is 41.4 Å². The molecule has 212 valence electrons. The molecule has 1 saturated carbocycles. The van der Waals surface area contributed by atoms with Gasteiger partial charge < -0.3 is 20.1 Å². The van der Waals surface area contributed by atoms with Crippen LogP contribution < -0.4 is 10.2 Å². The highest BCUT2D eigenvalue weighted by atomic mass is 35.5. The van der Waals surface area contributed by atoms with Gasteiger partial charge in [0.1, 0.15) is 17.0 Å². The van der Waals surface area contributed by atoms with Crippen LogP contribution in [0.3, 0.4) is 0 Å². The fourth-order valence-electron chi connectivity index (χ4n) is 6.87. The van der Waals surface area contributed by atoms with Crippen LogP contribution in [0.2, 0.25) is 10.0 Å². The zero-order chi connectivity index (χ0) is 28.1. The van der Waals surface area contributed by atoms with Crippen LogP contribution in [0.1, 0.15) is 37.5 Å². The number of rotatable bonds is 6. The second-order valence-corrected chi connectivity index (χ2v) is 11.8. The van der Waals surface area contributed by atoms with Crippen molar-refractivity contribution in [3.8, 4) is 11.3 Å². The first kappa shape index (κ1) is 26.4. The van der Waals surface area contributed by atoms with Crippen molar-refractivity contribution in [3.63, 3.8) is 0 Å². The van der Waals surface area contributed by atoms with Gasteiger partial charge in [0.2, 0.25) is 0 Å². The van der Waals surface area contributed by atoms with Gasteiger partial charge in [-0.05, 0) is 55.2 Å². The van der Waals surface area contributed by atoms with E-state index in [0.717, 1.165) is 50.2 Å². The number of nitrogens with zero attached hydrogens (tertiary/aromatic N) is 6. The summed E-state index contributed by atoms with van der Waals surface area (Å²) in [6.45, 7) is 2.55. The minimum atomic E-state index is -1.01. The number of fused-ring (bicyclic) bond motifs is 2. The molecule has 3 aromatic heterocycles. The van der Waals surface area contributed by atoms with Crippen molar-refractivity contribution < 1.29 is 14.6 Å². The third-order valence-electron chi connectivity index (χ3n) is 8.91. The Kier molecular flexibility index (Phi) is 6.72. The lowest BCUT2D eigenvalue weighted by molar-refractivity contribution is -0.0368. The Hall–Kier alpha value is -3.47. The number of benzene rings is 1. The van der Waals surface area contributed by atoms with Crippen molar-refractivity contribution in [3.05, 3.63) is 64.5 Å². The highest BCUT2D eigenvalue weighted by Gasteiger charge is 2.66. The SMILES string of the molecule is O=C(O)NCC1(c2cccnc2)C2CCN(c3cnc4c(-c5cccc(Cl)c5Cl)nn(C5CCCCO5)c4n3)CC21. The van der Waals surface area contributed by atoms with E-state index in [4.69, 9.17) is 43.0 Å². The third-order valence-corrected chi connectivity index (χ3v) is 9.73. The van der Waals surface area contributed by atoms with Crippen LogP contribution in [0.25, 0.3) is 22.4 Å². The average Bonchev–Trinajstić information content (AvgIpc) is 3.50. The number of halogens is 2. The molecule has 2 N–H and O–H groups in total. The van der Waals surface area contributed by atoms with Gasteiger partial charge in [0.15, 0.2) is 11.9 Å². The van der Waals surface area contributed by atoms with Gasteiger partial charge in [0.05, 0.1) is 16.2 Å². The van der Waals surface area contributed by atoms with E-state index in [0.29, 0.717) is 51.5 Å². The number of piperidine rings is 1. The van der Waals surface area contributed by atoms with Crippen LogP contribution in [-0.4, -0.2) is 62.2 Å². The highest BCUT2D eigenvalue weighted by molar-refractivity contribution is 6.43. The van der Waals surface area contributed by atoms with Gasteiger partial charge in [0, 0.05) is 49.6 Å². The van der Waals surface area contributed by atoms with Crippen molar-refractivity contribution in [2.24, 2.45) is 11.8 Å². The maximum Gasteiger partial charge on any atom is 0.404 e. The van der Waals surface area contributed by atoms with Gasteiger partial charge in [-0.3, -0.25) is 4.98 Å². The van der Waals surface area contributed by atoms with Crippen molar-refractivity contribution in [2.45, 2.75) is 37.3 Å². The molecule has 4 unspecified atom stereocenters. The number of pyridine rings is 1. The standard InChI is InChI=1S/C29H29Cl2N7O3/c30-21-7-3-6-18(24(21)31)25-26-27(38(36-25)23-8-1-2-12-41-23)35-22(14-33-26)37-11-9-19-20(15-37)29(19,16-34-28(39)40)17-5-4-10-32-13-17/h3-7,10,13-14,19-20,23,34H,1-2,8-9,11-12,15-16H2,(H,39,40). The second kappa shape index (κ2) is 10.4. The molecule has 3 aliphatic rings. The second-order valence-electron chi connectivity index (χ2n) is 11.0. The zero-order valence-electron chi connectivity index (χ0n) is 22.2. The molecule has 3 fully saturated rings. The fourth-order valence-corrected chi connectivity index (χ4v) is 7.26. The monoisotopic (exact) mass is 593 g/mol. The van der Waals surface area contributed by atoms with Gasteiger partial charge in [-0.15, -0.1) is 0 Å². The van der Waals surface area contributed by atoms with Gasteiger partial charge in [-0.25, -0.2) is 19.4 Å². The van der Waals surface area contributed by atoms with Crippen LogP contribution in [0.4, 0.5) is 10.6 Å². The Balaban J connectivity index is 1.25. The normalized spacial score (nSPS) is 25.6. The summed E-state index contributed by atoms with van der Waals surface area (Å²) in [6.07, 6.45) is 7.96. The van der Waals surface area contributed by atoms with Gasteiger partial charge in [-0.2, -0.15) is 5.10 Å². The molecule has 5 heterocycles. The van der Waals surface area contributed by atoms with E-state index in [2.05, 4.69) is 21.3 Å². The fraction of sp³-hybridized carbons (Fsp3) is 0.414. The third kappa shape index (κ3) is 4.49. The molecular formula is C29H29Cl2N7O3. The molecule has 0 radical (unpaired) electrons. The largest absolute Gasteiger partial charge is 0.465 e. The summed E-state index contributed by atoms with van der Waals surface area (Å²) in [6, 6.07) is 9.45. The van der Waals surface area contributed by atoms with Crippen LogP contribution >= 0.6 is 23.2 Å². The Bertz CT molecular complexity index is 1610. The predicted octanol–water partition coefficient (Wildman–Crippen LogP) is 5.56. The Morgan fingerprint density at radius 2 is 2.05 bits per heavy atom. The molecule has 4 atom stereocenters. The summed E-state index contributed by atoms with van der Waals surface area (Å²) in [7, 11) is 0. The number of hydrogen-bond donors (Lipinski definition) is 2. The number of amides is 1. The molecule has 2 saturated heterocycles. The Morgan fingerprint density at radius 1 is 1.15 bits per heavy atom. The van der Waals surface area contributed by atoms with Gasteiger partial charge in [0.25, 0.3) is 0 Å². The van der Waals surface area contributed by atoms with Crippen molar-refractivity contribution in [1.29, 1.82) is 0 Å². The van der Waals surface area contributed by atoms with E-state index >= 15 is 0 Å². The van der Waals surface area contributed by atoms with Gasteiger partial charge >= 0.3 is 6.09 Å². The Labute approximate surface area is 246 Å². The number of aromatic nitrogens is 5. The number of nitrogens with one attached hydrogen (secondary N) is 1. The highest BCUT2D eigenvalue weighted by Crippen LogP contribution is 2.63. The first-order valence-electron chi connectivity index (χ1n) is 13.9. The summed E-state index contributed by atoms with van der Waals surface area (Å²) in [5.41, 5.74) is 3.40. The molecule has 1 amide bonds. The molecule has 10 nitrogen and oxygen atoms in total. The van der Waals surface area contributed by atoms with Crippen molar-refractivity contribution >= 4 is 46.3 Å². The molecule has 0 spiro atoms. The lowest BCUT2D eigenvalue weighted by Crippen LogP contribution is -2.35. The summed E-state index contributed by atoms with van der Waals surface area (Å²) in [4.78, 5) is 28.0. The van der Waals surface area contributed by atoms with E-state index in [-0.39, 0.29) is 17.6 Å². The van der Waals surface area contributed by atoms with E-state index in [1.807, 2.05) is 29.1 Å². The maximum atomic E-state index is 11.4.